The largest absolute Gasteiger partial charge is 0.383 e. The Hall–Kier alpha value is -1.94. The van der Waals surface area contributed by atoms with Gasteiger partial charge in [-0.1, -0.05) is 12.1 Å². The molecule has 0 fully saturated rings. The third-order valence-electron chi connectivity index (χ3n) is 2.41. The van der Waals surface area contributed by atoms with E-state index >= 15 is 0 Å². The fourth-order valence-corrected chi connectivity index (χ4v) is 2.26. The third kappa shape index (κ3) is 1.44. The molecule has 78 valence electrons. The summed E-state index contributed by atoms with van der Waals surface area (Å²) in [7, 11) is 0. The molecule has 0 saturated heterocycles. The van der Waals surface area contributed by atoms with Crippen molar-refractivity contribution >= 4 is 28.1 Å². The lowest BCUT2D eigenvalue weighted by Crippen LogP contribution is -1.96. The smallest absolute Gasteiger partial charge is 0.162 e. The van der Waals surface area contributed by atoms with Gasteiger partial charge in [0, 0.05) is 16.3 Å². The van der Waals surface area contributed by atoms with E-state index < -0.39 is 0 Å². The summed E-state index contributed by atoms with van der Waals surface area (Å²) >= 11 is 1.62. The van der Waals surface area contributed by atoms with Gasteiger partial charge in [-0.2, -0.15) is 11.3 Å². The number of anilines is 1. The van der Waals surface area contributed by atoms with Gasteiger partial charge >= 0.3 is 0 Å². The van der Waals surface area contributed by atoms with Crippen LogP contribution in [0.25, 0.3) is 22.3 Å². The van der Waals surface area contributed by atoms with Gasteiger partial charge in [0.2, 0.25) is 0 Å². The van der Waals surface area contributed by atoms with E-state index in [1.165, 1.54) is 0 Å². The zero-order valence-electron chi connectivity index (χ0n) is 8.42. The minimum Gasteiger partial charge on any atom is -0.383 e. The molecule has 4 heteroatoms. The molecule has 0 aliphatic carbocycles. The summed E-state index contributed by atoms with van der Waals surface area (Å²) in [6.07, 6.45) is 0. The highest BCUT2D eigenvalue weighted by atomic mass is 32.1. The van der Waals surface area contributed by atoms with Crippen molar-refractivity contribution in [3.05, 3.63) is 41.1 Å². The molecule has 0 unspecified atom stereocenters. The van der Waals surface area contributed by atoms with Crippen LogP contribution in [0.4, 0.5) is 5.82 Å². The summed E-state index contributed by atoms with van der Waals surface area (Å²) in [6, 6.07) is 9.76. The Labute approximate surface area is 96.6 Å². The number of para-hydroxylation sites is 1. The number of benzene rings is 1. The number of rotatable bonds is 1. The van der Waals surface area contributed by atoms with Crippen LogP contribution in [0.3, 0.4) is 0 Å². The molecule has 3 nitrogen and oxygen atoms in total. The van der Waals surface area contributed by atoms with Gasteiger partial charge < -0.3 is 5.73 Å². The van der Waals surface area contributed by atoms with E-state index in [-0.39, 0.29) is 0 Å². The van der Waals surface area contributed by atoms with Crippen LogP contribution in [0.2, 0.25) is 0 Å². The van der Waals surface area contributed by atoms with Crippen molar-refractivity contribution in [2.75, 3.05) is 5.73 Å². The van der Waals surface area contributed by atoms with Crippen molar-refractivity contribution in [1.29, 1.82) is 0 Å². The number of thiophene rings is 1. The molecule has 3 rings (SSSR count). The maximum atomic E-state index is 5.92. The monoisotopic (exact) mass is 227 g/mol. The normalized spacial score (nSPS) is 10.8. The van der Waals surface area contributed by atoms with Gasteiger partial charge in [-0.3, -0.25) is 0 Å². The Morgan fingerprint density at radius 3 is 2.75 bits per heavy atom. The Kier molecular flexibility index (Phi) is 2.08. The van der Waals surface area contributed by atoms with Gasteiger partial charge in [-0.05, 0) is 23.6 Å². The van der Waals surface area contributed by atoms with Crippen molar-refractivity contribution in [2.24, 2.45) is 0 Å². The van der Waals surface area contributed by atoms with Crippen LogP contribution in [-0.4, -0.2) is 9.97 Å². The van der Waals surface area contributed by atoms with Crippen LogP contribution in [0.1, 0.15) is 0 Å². The Bertz CT molecular complexity index is 632. The molecule has 0 saturated carbocycles. The quantitative estimate of drug-likeness (QED) is 0.695. The average molecular weight is 227 g/mol. The van der Waals surface area contributed by atoms with Crippen LogP contribution in [0.5, 0.6) is 0 Å². The van der Waals surface area contributed by atoms with Crippen molar-refractivity contribution < 1.29 is 0 Å². The molecular formula is C12H9N3S. The van der Waals surface area contributed by atoms with Crippen LogP contribution in [-0.2, 0) is 0 Å². The van der Waals surface area contributed by atoms with E-state index in [1.54, 1.807) is 11.3 Å². The summed E-state index contributed by atoms with van der Waals surface area (Å²) in [4.78, 5) is 8.81. The Morgan fingerprint density at radius 1 is 1.06 bits per heavy atom. The predicted molar refractivity (Wildman–Crippen MR) is 67.3 cm³/mol. The number of fused-ring (bicyclic) bond motifs is 1. The van der Waals surface area contributed by atoms with Gasteiger partial charge in [0.15, 0.2) is 5.82 Å². The highest BCUT2D eigenvalue weighted by molar-refractivity contribution is 7.08. The molecule has 2 N–H and O–H groups in total. The molecule has 0 radical (unpaired) electrons. The molecule has 16 heavy (non-hydrogen) atoms. The topological polar surface area (TPSA) is 51.8 Å². The number of hydrogen-bond acceptors (Lipinski definition) is 4. The second-order valence-corrected chi connectivity index (χ2v) is 4.24. The minimum atomic E-state index is 0.534. The van der Waals surface area contributed by atoms with Gasteiger partial charge in [-0.25, -0.2) is 9.97 Å². The van der Waals surface area contributed by atoms with E-state index in [0.29, 0.717) is 11.6 Å². The lowest BCUT2D eigenvalue weighted by molar-refractivity contribution is 1.24. The molecular weight excluding hydrogens is 218 g/mol. The van der Waals surface area contributed by atoms with Crippen molar-refractivity contribution in [3.63, 3.8) is 0 Å². The fraction of sp³-hybridized carbons (Fsp3) is 0. The van der Waals surface area contributed by atoms with Crippen LogP contribution >= 0.6 is 11.3 Å². The first kappa shape index (κ1) is 9.30. The van der Waals surface area contributed by atoms with E-state index in [1.807, 2.05) is 41.1 Å². The summed E-state index contributed by atoms with van der Waals surface area (Å²) in [5, 5.41) is 4.93. The molecule has 0 atom stereocenters. The van der Waals surface area contributed by atoms with Crippen LogP contribution in [0.15, 0.2) is 41.1 Å². The van der Waals surface area contributed by atoms with Gasteiger partial charge in [0.25, 0.3) is 0 Å². The molecule has 2 aromatic heterocycles. The summed E-state index contributed by atoms with van der Waals surface area (Å²) in [5.41, 5.74) is 7.82. The van der Waals surface area contributed by atoms with Gasteiger partial charge in [0.1, 0.15) is 5.82 Å². The van der Waals surface area contributed by atoms with E-state index in [0.717, 1.165) is 16.5 Å². The first-order valence-corrected chi connectivity index (χ1v) is 5.84. The highest BCUT2D eigenvalue weighted by Gasteiger charge is 2.06. The van der Waals surface area contributed by atoms with Crippen LogP contribution in [0, 0.1) is 0 Å². The minimum absolute atomic E-state index is 0.534. The fourth-order valence-electron chi connectivity index (χ4n) is 1.62. The molecule has 1 aromatic carbocycles. The summed E-state index contributed by atoms with van der Waals surface area (Å²) < 4.78 is 0. The Balaban J connectivity index is 2.29. The van der Waals surface area contributed by atoms with Crippen molar-refractivity contribution in [3.8, 4) is 11.4 Å². The van der Waals surface area contributed by atoms with Crippen molar-refractivity contribution in [2.45, 2.75) is 0 Å². The number of nitrogens with two attached hydrogens (primary N) is 1. The number of nitrogens with zero attached hydrogens (tertiary/aromatic N) is 2. The van der Waals surface area contributed by atoms with Gasteiger partial charge in [0.05, 0.1) is 5.52 Å². The molecule has 2 heterocycles. The zero-order chi connectivity index (χ0) is 11.0. The first-order valence-electron chi connectivity index (χ1n) is 4.89. The molecule has 0 bridgehead atoms. The molecule has 0 amide bonds. The third-order valence-corrected chi connectivity index (χ3v) is 3.10. The highest BCUT2D eigenvalue weighted by Crippen LogP contribution is 2.23. The maximum absolute atomic E-state index is 5.92. The van der Waals surface area contributed by atoms with E-state index in [4.69, 9.17) is 5.73 Å². The summed E-state index contributed by atoms with van der Waals surface area (Å²) in [5.74, 6) is 1.23. The molecule has 3 aromatic rings. The second-order valence-electron chi connectivity index (χ2n) is 3.46. The zero-order valence-corrected chi connectivity index (χ0v) is 9.24. The Morgan fingerprint density at radius 2 is 1.94 bits per heavy atom. The van der Waals surface area contributed by atoms with Gasteiger partial charge in [-0.15, -0.1) is 0 Å². The molecule has 0 aliphatic heterocycles. The predicted octanol–water partition coefficient (Wildman–Crippen LogP) is 2.94. The first-order chi connectivity index (χ1) is 7.84. The number of hydrogen-bond donors (Lipinski definition) is 1. The SMILES string of the molecule is Nc1nc(-c2ccsc2)nc2ccccc12. The van der Waals surface area contributed by atoms with E-state index in [9.17, 15) is 0 Å². The second kappa shape index (κ2) is 3.57. The lowest BCUT2D eigenvalue weighted by atomic mass is 10.2. The summed E-state index contributed by atoms with van der Waals surface area (Å²) in [6.45, 7) is 0. The standard InChI is InChI=1S/C12H9N3S/c13-11-9-3-1-2-4-10(9)14-12(15-11)8-5-6-16-7-8/h1-7H,(H2,13,14,15). The van der Waals surface area contributed by atoms with Crippen LogP contribution < -0.4 is 5.73 Å². The van der Waals surface area contributed by atoms with Crippen molar-refractivity contribution in [1.82, 2.24) is 9.97 Å². The molecule has 0 spiro atoms. The maximum Gasteiger partial charge on any atom is 0.162 e. The average Bonchev–Trinajstić information content (AvgIpc) is 2.82. The lowest BCUT2D eigenvalue weighted by Gasteiger charge is -2.03. The molecule has 0 aliphatic rings. The number of aromatic nitrogens is 2. The number of nitrogen functional groups attached to an aromatic ring is 1. The van der Waals surface area contributed by atoms with E-state index in [2.05, 4.69) is 9.97 Å².